The Morgan fingerprint density at radius 2 is 1.77 bits per heavy atom. The first kappa shape index (κ1) is 15.8. The number of sulfonamides is 1. The fourth-order valence-electron chi connectivity index (χ4n) is 2.69. The zero-order valence-electron chi connectivity index (χ0n) is 12.2. The summed E-state index contributed by atoms with van der Waals surface area (Å²) < 4.78 is 25.9. The molecule has 1 aliphatic carbocycles. The van der Waals surface area contributed by atoms with E-state index < -0.39 is 10.0 Å². The van der Waals surface area contributed by atoms with Crippen LogP contribution in [0.1, 0.15) is 18.4 Å². The molecule has 0 unspecified atom stereocenters. The van der Waals surface area contributed by atoms with Crippen LogP contribution in [0, 0.1) is 0 Å². The standard InChI is InChI=1S/C15H19ClN2O3S/c16-14-4-2-1-3-12(14)11-15(19)17-7-9-18(10-8-17)22(20,21)13-5-6-13/h1-4,13H,5-11H2. The summed E-state index contributed by atoms with van der Waals surface area (Å²) in [6, 6.07) is 7.30. The summed E-state index contributed by atoms with van der Waals surface area (Å²) in [5, 5.41) is 0.406. The molecule has 0 aromatic heterocycles. The number of hydrogen-bond donors (Lipinski definition) is 0. The van der Waals surface area contributed by atoms with E-state index in [4.69, 9.17) is 11.6 Å². The van der Waals surface area contributed by atoms with Crippen molar-refractivity contribution in [3.8, 4) is 0 Å². The van der Waals surface area contributed by atoms with E-state index in [2.05, 4.69) is 0 Å². The average Bonchev–Trinajstić information content (AvgIpc) is 3.35. The van der Waals surface area contributed by atoms with Gasteiger partial charge in [0, 0.05) is 31.2 Å². The number of hydrogen-bond acceptors (Lipinski definition) is 3. The Hall–Kier alpha value is -1.11. The quantitative estimate of drug-likeness (QED) is 0.833. The van der Waals surface area contributed by atoms with E-state index in [0.717, 1.165) is 18.4 Å². The maximum atomic E-state index is 12.3. The van der Waals surface area contributed by atoms with Crippen LogP contribution in [0.25, 0.3) is 0 Å². The number of piperazine rings is 1. The van der Waals surface area contributed by atoms with Gasteiger partial charge in [-0.1, -0.05) is 29.8 Å². The smallest absolute Gasteiger partial charge is 0.227 e. The van der Waals surface area contributed by atoms with Gasteiger partial charge in [0.25, 0.3) is 0 Å². The Morgan fingerprint density at radius 3 is 2.36 bits per heavy atom. The number of carbonyl (C=O) groups is 1. The van der Waals surface area contributed by atoms with Crippen molar-refractivity contribution in [2.75, 3.05) is 26.2 Å². The van der Waals surface area contributed by atoms with Gasteiger partial charge in [-0.05, 0) is 24.5 Å². The fraction of sp³-hybridized carbons (Fsp3) is 0.533. The van der Waals surface area contributed by atoms with Crippen molar-refractivity contribution in [3.63, 3.8) is 0 Å². The highest BCUT2D eigenvalue weighted by molar-refractivity contribution is 7.90. The largest absolute Gasteiger partial charge is 0.340 e. The van der Waals surface area contributed by atoms with Gasteiger partial charge in [-0.3, -0.25) is 4.79 Å². The Kier molecular flexibility index (Phi) is 4.43. The lowest BCUT2D eigenvalue weighted by Crippen LogP contribution is -2.51. The molecule has 1 saturated heterocycles. The summed E-state index contributed by atoms with van der Waals surface area (Å²) >= 11 is 6.07. The zero-order chi connectivity index (χ0) is 15.7. The van der Waals surface area contributed by atoms with Gasteiger partial charge in [-0.25, -0.2) is 8.42 Å². The highest BCUT2D eigenvalue weighted by Crippen LogP contribution is 2.31. The van der Waals surface area contributed by atoms with Crippen molar-refractivity contribution < 1.29 is 13.2 Å². The zero-order valence-corrected chi connectivity index (χ0v) is 13.8. The van der Waals surface area contributed by atoms with Gasteiger partial charge in [-0.2, -0.15) is 4.31 Å². The maximum Gasteiger partial charge on any atom is 0.227 e. The van der Waals surface area contributed by atoms with Crippen molar-refractivity contribution in [1.82, 2.24) is 9.21 Å². The second-order valence-electron chi connectivity index (χ2n) is 5.79. The Labute approximate surface area is 135 Å². The third kappa shape index (κ3) is 3.29. The van der Waals surface area contributed by atoms with E-state index >= 15 is 0 Å². The molecule has 120 valence electrons. The van der Waals surface area contributed by atoms with Crippen molar-refractivity contribution in [1.29, 1.82) is 0 Å². The Bertz CT molecular complexity index is 665. The lowest BCUT2D eigenvalue weighted by molar-refractivity contribution is -0.131. The molecule has 1 heterocycles. The number of amides is 1. The molecule has 7 heteroatoms. The monoisotopic (exact) mass is 342 g/mol. The van der Waals surface area contributed by atoms with Gasteiger partial charge in [0.2, 0.25) is 15.9 Å². The summed E-state index contributed by atoms with van der Waals surface area (Å²) in [4.78, 5) is 14.0. The number of nitrogens with zero attached hydrogens (tertiary/aromatic N) is 2. The summed E-state index contributed by atoms with van der Waals surface area (Å²) in [5.41, 5.74) is 0.808. The van der Waals surface area contributed by atoms with Gasteiger partial charge >= 0.3 is 0 Å². The van der Waals surface area contributed by atoms with Crippen LogP contribution in [0.3, 0.4) is 0 Å². The summed E-state index contributed by atoms with van der Waals surface area (Å²) in [6.07, 6.45) is 1.80. The predicted octanol–water partition coefficient (Wildman–Crippen LogP) is 1.52. The van der Waals surface area contributed by atoms with Crippen LogP contribution < -0.4 is 0 Å². The van der Waals surface area contributed by atoms with Gasteiger partial charge < -0.3 is 4.90 Å². The van der Waals surface area contributed by atoms with Crippen molar-refractivity contribution in [2.24, 2.45) is 0 Å². The van der Waals surface area contributed by atoms with Crippen LogP contribution in [0.2, 0.25) is 5.02 Å². The number of halogens is 1. The molecule has 1 aromatic rings. The van der Waals surface area contributed by atoms with E-state index in [1.165, 1.54) is 4.31 Å². The van der Waals surface area contributed by atoms with Crippen molar-refractivity contribution >= 4 is 27.5 Å². The fourth-order valence-corrected chi connectivity index (χ4v) is 4.71. The molecule has 0 bridgehead atoms. The third-order valence-corrected chi connectivity index (χ3v) is 6.96. The Morgan fingerprint density at radius 1 is 1.14 bits per heavy atom. The van der Waals surface area contributed by atoms with Crippen LogP contribution in [0.5, 0.6) is 0 Å². The topological polar surface area (TPSA) is 57.7 Å². The van der Waals surface area contributed by atoms with Crippen molar-refractivity contribution in [3.05, 3.63) is 34.9 Å². The molecular weight excluding hydrogens is 324 g/mol. The van der Waals surface area contributed by atoms with Crippen LogP contribution in [0.15, 0.2) is 24.3 Å². The average molecular weight is 343 g/mol. The van der Waals surface area contributed by atoms with Gasteiger partial charge in [0.05, 0.1) is 11.7 Å². The third-order valence-electron chi connectivity index (χ3n) is 4.20. The first-order valence-electron chi connectivity index (χ1n) is 7.48. The molecule has 1 aliphatic heterocycles. The van der Waals surface area contributed by atoms with E-state index in [1.807, 2.05) is 18.2 Å². The van der Waals surface area contributed by atoms with E-state index in [9.17, 15) is 13.2 Å². The van der Waals surface area contributed by atoms with Gasteiger partial charge in [0.1, 0.15) is 0 Å². The van der Waals surface area contributed by atoms with Crippen LogP contribution in [0.4, 0.5) is 0 Å². The minimum absolute atomic E-state index is 0.00318. The number of benzene rings is 1. The first-order chi connectivity index (χ1) is 10.5. The van der Waals surface area contributed by atoms with Crippen molar-refractivity contribution in [2.45, 2.75) is 24.5 Å². The first-order valence-corrected chi connectivity index (χ1v) is 9.37. The lowest BCUT2D eigenvalue weighted by Gasteiger charge is -2.34. The minimum atomic E-state index is -3.13. The lowest BCUT2D eigenvalue weighted by atomic mass is 10.1. The molecule has 0 N–H and O–H groups in total. The molecule has 22 heavy (non-hydrogen) atoms. The Balaban J connectivity index is 1.57. The molecule has 0 spiro atoms. The molecule has 5 nitrogen and oxygen atoms in total. The highest BCUT2D eigenvalue weighted by atomic mass is 35.5. The summed E-state index contributed by atoms with van der Waals surface area (Å²) in [6.45, 7) is 1.70. The second kappa shape index (κ2) is 6.18. The summed E-state index contributed by atoms with van der Waals surface area (Å²) in [5.74, 6) is -0.00318. The molecule has 3 rings (SSSR count). The molecule has 1 saturated carbocycles. The van der Waals surface area contributed by atoms with Crippen LogP contribution in [-0.2, 0) is 21.2 Å². The maximum absolute atomic E-state index is 12.3. The molecule has 2 fully saturated rings. The minimum Gasteiger partial charge on any atom is -0.340 e. The number of carbonyl (C=O) groups excluding carboxylic acids is 1. The molecule has 1 amide bonds. The van der Waals surface area contributed by atoms with Crippen LogP contribution in [-0.4, -0.2) is 55.0 Å². The molecular formula is C15H19ClN2O3S. The number of rotatable bonds is 4. The summed E-state index contributed by atoms with van der Waals surface area (Å²) in [7, 11) is -3.13. The van der Waals surface area contributed by atoms with Crippen LogP contribution >= 0.6 is 11.6 Å². The van der Waals surface area contributed by atoms with E-state index in [-0.39, 0.29) is 17.6 Å². The predicted molar refractivity (Wildman–Crippen MR) is 85.3 cm³/mol. The van der Waals surface area contributed by atoms with Gasteiger partial charge in [-0.15, -0.1) is 0 Å². The molecule has 1 aromatic carbocycles. The SMILES string of the molecule is O=C(Cc1ccccc1Cl)N1CCN(S(=O)(=O)C2CC2)CC1. The molecule has 0 atom stereocenters. The van der Waals surface area contributed by atoms with Gasteiger partial charge in [0.15, 0.2) is 0 Å². The van der Waals surface area contributed by atoms with E-state index in [0.29, 0.717) is 31.2 Å². The highest BCUT2D eigenvalue weighted by Gasteiger charge is 2.41. The molecule has 2 aliphatic rings. The molecule has 0 radical (unpaired) electrons. The van der Waals surface area contributed by atoms with E-state index in [1.54, 1.807) is 11.0 Å². The second-order valence-corrected chi connectivity index (χ2v) is 8.41. The normalized spacial score (nSPS) is 20.1.